The van der Waals surface area contributed by atoms with Crippen LogP contribution in [0.4, 0.5) is 0 Å². The number of benzene rings is 1. The van der Waals surface area contributed by atoms with E-state index in [-0.39, 0.29) is 0 Å². The smallest absolute Gasteiger partial charge is 0.123 e. The zero-order valence-electron chi connectivity index (χ0n) is 13.0. The second kappa shape index (κ2) is 6.80. The summed E-state index contributed by atoms with van der Waals surface area (Å²) in [7, 11) is 0. The lowest BCUT2D eigenvalue weighted by molar-refractivity contribution is 0.139. The third-order valence-electron chi connectivity index (χ3n) is 5.34. The molecule has 116 valence electrons. The first-order valence-corrected chi connectivity index (χ1v) is 8.44. The minimum Gasteiger partial charge on any atom is -0.492 e. The van der Waals surface area contributed by atoms with Crippen LogP contribution in [-0.4, -0.2) is 31.1 Å². The molecule has 3 nitrogen and oxygen atoms in total. The molecule has 1 aromatic carbocycles. The average Bonchev–Trinajstić information content (AvgIpc) is 2.76. The van der Waals surface area contributed by atoms with Crippen LogP contribution in [0.3, 0.4) is 0 Å². The summed E-state index contributed by atoms with van der Waals surface area (Å²) in [5.41, 5.74) is 7.85. The molecule has 1 aliphatic carbocycles. The van der Waals surface area contributed by atoms with E-state index < -0.39 is 0 Å². The van der Waals surface area contributed by atoms with E-state index in [0.29, 0.717) is 5.41 Å². The predicted molar refractivity (Wildman–Crippen MR) is 86.4 cm³/mol. The summed E-state index contributed by atoms with van der Waals surface area (Å²) in [5.74, 6) is 1.06. The van der Waals surface area contributed by atoms with Gasteiger partial charge in [-0.25, -0.2) is 0 Å². The summed E-state index contributed by atoms with van der Waals surface area (Å²) < 4.78 is 5.86. The van der Waals surface area contributed by atoms with Crippen molar-refractivity contribution in [3.8, 4) is 5.75 Å². The lowest BCUT2D eigenvalue weighted by Crippen LogP contribution is -2.37. The van der Waals surface area contributed by atoms with Gasteiger partial charge in [0.1, 0.15) is 12.4 Å². The summed E-state index contributed by atoms with van der Waals surface area (Å²) in [6.07, 6.45) is 8.01. The highest BCUT2D eigenvalue weighted by Gasteiger charge is 2.31. The van der Waals surface area contributed by atoms with Crippen LogP contribution < -0.4 is 10.5 Å². The van der Waals surface area contributed by atoms with Crippen LogP contribution >= 0.6 is 0 Å². The maximum absolute atomic E-state index is 6.12. The second-order valence-corrected chi connectivity index (χ2v) is 6.75. The summed E-state index contributed by atoms with van der Waals surface area (Å²) in [4.78, 5) is 2.54. The van der Waals surface area contributed by atoms with Crippen molar-refractivity contribution in [2.24, 2.45) is 11.1 Å². The summed E-state index contributed by atoms with van der Waals surface area (Å²) in [6, 6.07) is 8.43. The predicted octanol–water partition coefficient (Wildman–Crippen LogP) is 3.18. The monoisotopic (exact) mass is 288 g/mol. The summed E-state index contributed by atoms with van der Waals surface area (Å²) in [6.45, 7) is 4.83. The van der Waals surface area contributed by atoms with E-state index in [1.54, 1.807) is 0 Å². The highest BCUT2D eigenvalue weighted by atomic mass is 16.5. The molecule has 1 aromatic rings. The minimum atomic E-state index is 0.408. The van der Waals surface area contributed by atoms with Crippen LogP contribution in [0.25, 0.3) is 0 Å². The van der Waals surface area contributed by atoms with E-state index in [4.69, 9.17) is 10.5 Å². The molecule has 0 radical (unpaired) electrons. The topological polar surface area (TPSA) is 38.5 Å². The highest BCUT2D eigenvalue weighted by Crippen LogP contribution is 2.38. The summed E-state index contributed by atoms with van der Waals surface area (Å²) in [5, 5.41) is 0. The van der Waals surface area contributed by atoms with Crippen molar-refractivity contribution in [1.29, 1.82) is 0 Å². The molecule has 21 heavy (non-hydrogen) atoms. The third-order valence-corrected chi connectivity index (χ3v) is 5.34. The maximum Gasteiger partial charge on any atom is 0.123 e. The normalized spacial score (nSPS) is 22.1. The van der Waals surface area contributed by atoms with E-state index in [1.807, 2.05) is 0 Å². The number of rotatable bonds is 4. The van der Waals surface area contributed by atoms with Gasteiger partial charge in [-0.3, -0.25) is 4.90 Å². The van der Waals surface area contributed by atoms with Crippen molar-refractivity contribution in [1.82, 2.24) is 4.90 Å². The lowest BCUT2D eigenvalue weighted by atomic mass is 9.72. The van der Waals surface area contributed by atoms with Crippen molar-refractivity contribution < 1.29 is 4.74 Å². The molecule has 2 aliphatic rings. The highest BCUT2D eigenvalue weighted by molar-refractivity contribution is 5.33. The van der Waals surface area contributed by atoms with Gasteiger partial charge in [0, 0.05) is 18.7 Å². The van der Waals surface area contributed by atoms with Crippen LogP contribution in [-0.2, 0) is 6.54 Å². The van der Waals surface area contributed by atoms with Crippen molar-refractivity contribution in [3.05, 3.63) is 29.8 Å². The third kappa shape index (κ3) is 3.58. The number of hydrogen-bond acceptors (Lipinski definition) is 3. The Hall–Kier alpha value is -1.06. The maximum atomic E-state index is 6.12. The van der Waals surface area contributed by atoms with Gasteiger partial charge in [0.05, 0.1) is 0 Å². The Labute approximate surface area is 128 Å². The molecule has 0 bridgehead atoms. The van der Waals surface area contributed by atoms with Gasteiger partial charge in [-0.05, 0) is 43.8 Å². The van der Waals surface area contributed by atoms with Gasteiger partial charge in [-0.15, -0.1) is 0 Å². The molecule has 3 rings (SSSR count). The Morgan fingerprint density at radius 3 is 2.76 bits per heavy atom. The number of fused-ring (bicyclic) bond motifs is 1. The van der Waals surface area contributed by atoms with Gasteiger partial charge in [-0.2, -0.15) is 0 Å². The Morgan fingerprint density at radius 1 is 1.14 bits per heavy atom. The zero-order valence-corrected chi connectivity index (χ0v) is 13.0. The number of nitrogens with zero attached hydrogens (tertiary/aromatic N) is 1. The number of ether oxygens (including phenoxy) is 1. The van der Waals surface area contributed by atoms with Gasteiger partial charge in [0.25, 0.3) is 0 Å². The standard InChI is InChI=1S/C18H28N2O/c19-15-18(8-4-1-5-9-18)10-11-20-12-13-21-17-7-3-2-6-16(17)14-20/h2-3,6-7H,1,4-5,8-15,19H2. The van der Waals surface area contributed by atoms with Crippen LogP contribution in [0.15, 0.2) is 24.3 Å². The molecule has 0 aromatic heterocycles. The molecule has 1 heterocycles. The van der Waals surface area contributed by atoms with E-state index in [0.717, 1.165) is 38.5 Å². The Morgan fingerprint density at radius 2 is 1.95 bits per heavy atom. The minimum absolute atomic E-state index is 0.408. The van der Waals surface area contributed by atoms with Gasteiger partial charge in [0.15, 0.2) is 0 Å². The van der Waals surface area contributed by atoms with Crippen LogP contribution in [0.5, 0.6) is 5.75 Å². The molecular weight excluding hydrogens is 260 g/mol. The van der Waals surface area contributed by atoms with Crippen LogP contribution in [0.1, 0.15) is 44.1 Å². The fourth-order valence-electron chi connectivity index (χ4n) is 3.82. The van der Waals surface area contributed by atoms with Gasteiger partial charge < -0.3 is 10.5 Å². The lowest BCUT2D eigenvalue weighted by Gasteiger charge is -2.37. The quantitative estimate of drug-likeness (QED) is 0.925. The zero-order chi connectivity index (χ0) is 14.5. The molecule has 3 heteroatoms. The fraction of sp³-hybridized carbons (Fsp3) is 0.667. The van der Waals surface area contributed by atoms with Crippen molar-refractivity contribution in [3.63, 3.8) is 0 Å². The fourth-order valence-corrected chi connectivity index (χ4v) is 3.82. The Bertz CT molecular complexity index is 454. The van der Waals surface area contributed by atoms with E-state index >= 15 is 0 Å². The Kier molecular flexibility index (Phi) is 4.81. The molecule has 1 fully saturated rings. The molecular formula is C18H28N2O. The van der Waals surface area contributed by atoms with Crippen molar-refractivity contribution in [2.45, 2.75) is 45.1 Å². The first-order chi connectivity index (χ1) is 10.3. The van der Waals surface area contributed by atoms with Gasteiger partial charge >= 0.3 is 0 Å². The molecule has 1 aliphatic heterocycles. The van der Waals surface area contributed by atoms with Gasteiger partial charge in [0.2, 0.25) is 0 Å². The molecule has 0 spiro atoms. The second-order valence-electron chi connectivity index (χ2n) is 6.75. The van der Waals surface area contributed by atoms with Crippen LogP contribution in [0.2, 0.25) is 0 Å². The molecule has 1 saturated carbocycles. The van der Waals surface area contributed by atoms with E-state index in [9.17, 15) is 0 Å². The first kappa shape index (κ1) is 14.9. The largest absolute Gasteiger partial charge is 0.492 e. The molecule has 0 atom stereocenters. The molecule has 0 amide bonds. The number of nitrogens with two attached hydrogens (primary N) is 1. The van der Waals surface area contributed by atoms with E-state index in [2.05, 4.69) is 29.2 Å². The Balaban J connectivity index is 1.60. The number of para-hydroxylation sites is 1. The van der Waals surface area contributed by atoms with Crippen LogP contribution in [0, 0.1) is 5.41 Å². The SMILES string of the molecule is NCC1(CCN2CCOc3ccccc3C2)CCCCC1. The molecule has 0 saturated heterocycles. The molecule has 0 unspecified atom stereocenters. The number of hydrogen-bond donors (Lipinski definition) is 1. The van der Waals surface area contributed by atoms with Gasteiger partial charge in [-0.1, -0.05) is 37.5 Å². The van der Waals surface area contributed by atoms with Crippen molar-refractivity contribution >= 4 is 0 Å². The summed E-state index contributed by atoms with van der Waals surface area (Å²) >= 11 is 0. The average molecular weight is 288 g/mol. The van der Waals surface area contributed by atoms with Crippen molar-refractivity contribution in [2.75, 3.05) is 26.2 Å². The molecule has 2 N–H and O–H groups in total. The first-order valence-electron chi connectivity index (χ1n) is 8.44. The van der Waals surface area contributed by atoms with E-state index in [1.165, 1.54) is 44.1 Å².